The van der Waals surface area contributed by atoms with Gasteiger partial charge in [-0.3, -0.25) is 0 Å². The number of nitrogens with zero attached hydrogens (tertiary/aromatic N) is 2. The smallest absolute Gasteiger partial charge is 0.355 e. The zero-order valence-corrected chi connectivity index (χ0v) is 15.9. The minimum absolute atomic E-state index is 0.0771. The molecule has 128 valence electrons. The van der Waals surface area contributed by atoms with E-state index >= 15 is 0 Å². The molecule has 5 nitrogen and oxygen atoms in total. The summed E-state index contributed by atoms with van der Waals surface area (Å²) in [6, 6.07) is 0. The van der Waals surface area contributed by atoms with Gasteiger partial charge in [-0.1, -0.05) is 47.0 Å². The van der Waals surface area contributed by atoms with Gasteiger partial charge in [-0.25, -0.2) is 4.79 Å². The van der Waals surface area contributed by atoms with E-state index in [0.29, 0.717) is 16.8 Å². The second-order valence-electron chi connectivity index (χ2n) is 7.73. The molecule has 2 heterocycles. The van der Waals surface area contributed by atoms with E-state index in [1.807, 2.05) is 0 Å². The van der Waals surface area contributed by atoms with E-state index in [1.165, 1.54) is 13.5 Å². The minimum Gasteiger partial charge on any atom is -0.464 e. The monoisotopic (exact) mass is 336 g/mol. The molecule has 1 saturated carbocycles. The van der Waals surface area contributed by atoms with Crippen molar-refractivity contribution in [3.05, 3.63) is 0 Å². The predicted octanol–water partition coefficient (Wildman–Crippen LogP) is 3.62. The minimum atomic E-state index is -2.25. The number of rotatable bonds is 3. The summed E-state index contributed by atoms with van der Waals surface area (Å²) < 4.78 is 12.0. The number of carbonyl (C=O) groups is 1. The summed E-state index contributed by atoms with van der Waals surface area (Å²) in [5.74, 6) is -0.425. The molecule has 0 aromatic carbocycles. The van der Waals surface area contributed by atoms with Crippen LogP contribution in [-0.4, -0.2) is 38.0 Å². The lowest BCUT2D eigenvalue weighted by Gasteiger charge is -2.41. The molecule has 23 heavy (non-hydrogen) atoms. The van der Waals surface area contributed by atoms with Crippen molar-refractivity contribution in [2.45, 2.75) is 76.5 Å². The van der Waals surface area contributed by atoms with Crippen molar-refractivity contribution >= 4 is 25.3 Å². The number of methoxy groups -OCH3 is 1. The molecule has 2 aliphatic heterocycles. The van der Waals surface area contributed by atoms with E-state index in [4.69, 9.17) is 9.16 Å². The van der Waals surface area contributed by atoms with E-state index in [9.17, 15) is 4.79 Å². The molecular weight excluding hydrogens is 308 g/mol. The van der Waals surface area contributed by atoms with Gasteiger partial charge in [0.25, 0.3) is 0 Å². The predicted molar refractivity (Wildman–Crippen MR) is 93.2 cm³/mol. The fourth-order valence-electron chi connectivity index (χ4n) is 4.90. The fraction of sp³-hybridized carbons (Fsp3) is 0.824. The number of fused-ring (bicyclic) bond motifs is 2. The van der Waals surface area contributed by atoms with Gasteiger partial charge in [0, 0.05) is 0 Å². The molecule has 0 radical (unpaired) electrons. The SMILES string of the molecule is COC(=O)C1=NN=C2C1C1(CCCCC1)O[Si]2(C(C)C)C(C)C. The molecule has 1 spiro atoms. The number of esters is 1. The molecular formula is C17H28N2O3Si. The van der Waals surface area contributed by atoms with Crippen LogP contribution in [0.5, 0.6) is 0 Å². The molecule has 6 heteroatoms. The average molecular weight is 337 g/mol. The van der Waals surface area contributed by atoms with Crippen LogP contribution in [0.25, 0.3) is 0 Å². The highest BCUT2D eigenvalue weighted by molar-refractivity contribution is 7.06. The normalized spacial score (nSPS) is 28.0. The molecule has 3 aliphatic rings. The van der Waals surface area contributed by atoms with Crippen molar-refractivity contribution in [1.82, 2.24) is 0 Å². The Morgan fingerprint density at radius 3 is 2.30 bits per heavy atom. The largest absolute Gasteiger partial charge is 0.464 e. The lowest BCUT2D eigenvalue weighted by molar-refractivity contribution is -0.133. The summed E-state index contributed by atoms with van der Waals surface area (Å²) in [5, 5.41) is 9.91. The van der Waals surface area contributed by atoms with Crippen molar-refractivity contribution in [2.24, 2.45) is 16.1 Å². The molecule has 1 aliphatic carbocycles. The Balaban J connectivity index is 2.10. The van der Waals surface area contributed by atoms with Gasteiger partial charge in [0.1, 0.15) is 0 Å². The summed E-state index contributed by atoms with van der Waals surface area (Å²) in [4.78, 5) is 12.3. The molecule has 1 saturated heterocycles. The summed E-state index contributed by atoms with van der Waals surface area (Å²) in [6.45, 7) is 8.96. The first-order valence-corrected chi connectivity index (χ1v) is 10.9. The van der Waals surface area contributed by atoms with E-state index < -0.39 is 8.32 Å². The molecule has 1 atom stereocenters. The summed E-state index contributed by atoms with van der Waals surface area (Å²) in [7, 11) is -0.831. The molecule has 3 rings (SSSR count). The van der Waals surface area contributed by atoms with E-state index in [0.717, 1.165) is 31.0 Å². The van der Waals surface area contributed by atoms with Crippen molar-refractivity contribution in [2.75, 3.05) is 7.11 Å². The first kappa shape index (κ1) is 16.8. The Hall–Kier alpha value is -1.01. The number of hydrogen-bond donors (Lipinski definition) is 0. The lowest BCUT2D eigenvalue weighted by Crippen LogP contribution is -2.50. The Morgan fingerprint density at radius 1 is 1.17 bits per heavy atom. The maximum absolute atomic E-state index is 12.3. The van der Waals surface area contributed by atoms with E-state index in [1.54, 1.807) is 0 Å². The molecule has 0 aromatic heterocycles. The van der Waals surface area contributed by atoms with Gasteiger partial charge in [-0.15, -0.1) is 5.10 Å². The van der Waals surface area contributed by atoms with Gasteiger partial charge in [0.05, 0.1) is 24.0 Å². The van der Waals surface area contributed by atoms with Gasteiger partial charge in [0.15, 0.2) is 5.71 Å². The van der Waals surface area contributed by atoms with Crippen molar-refractivity contribution in [1.29, 1.82) is 0 Å². The first-order chi connectivity index (χ1) is 10.9. The molecule has 0 N–H and O–H groups in total. The Labute approximate surface area is 139 Å². The van der Waals surface area contributed by atoms with Crippen LogP contribution in [0.15, 0.2) is 10.2 Å². The second kappa shape index (κ2) is 5.81. The third-order valence-corrected chi connectivity index (χ3v) is 11.3. The van der Waals surface area contributed by atoms with Gasteiger partial charge in [-0.2, -0.15) is 5.10 Å². The topological polar surface area (TPSA) is 60.2 Å². The maximum Gasteiger partial charge on any atom is 0.355 e. The second-order valence-corrected chi connectivity index (χ2v) is 12.3. The first-order valence-electron chi connectivity index (χ1n) is 8.83. The van der Waals surface area contributed by atoms with Crippen molar-refractivity contribution < 1.29 is 14.0 Å². The molecule has 1 unspecified atom stereocenters. The van der Waals surface area contributed by atoms with Crippen LogP contribution in [0.2, 0.25) is 11.1 Å². The van der Waals surface area contributed by atoms with Gasteiger partial charge < -0.3 is 9.16 Å². The highest BCUT2D eigenvalue weighted by Gasteiger charge is 2.67. The third-order valence-electron chi connectivity index (χ3n) is 5.92. The number of hydrogen-bond acceptors (Lipinski definition) is 5. The molecule has 0 amide bonds. The van der Waals surface area contributed by atoms with Gasteiger partial charge in [-0.05, 0) is 23.9 Å². The Morgan fingerprint density at radius 2 is 1.78 bits per heavy atom. The standard InChI is InChI=1S/C17H28N2O3Si/c1-11(2)23(12(3)4)15-13(14(18-19-15)16(20)21-5)17(22-23)9-7-6-8-10-17/h11-13H,6-10H2,1-5H3. The quantitative estimate of drug-likeness (QED) is 0.584. The van der Waals surface area contributed by atoms with Crippen molar-refractivity contribution in [3.8, 4) is 0 Å². The van der Waals surface area contributed by atoms with Crippen LogP contribution >= 0.6 is 0 Å². The number of ether oxygens (including phenoxy) is 1. The molecule has 0 bridgehead atoms. The zero-order chi connectivity index (χ0) is 16.8. The van der Waals surface area contributed by atoms with E-state index in [2.05, 4.69) is 37.9 Å². The van der Waals surface area contributed by atoms with Crippen LogP contribution in [0.3, 0.4) is 0 Å². The molecule has 0 aromatic rings. The number of carbonyl (C=O) groups excluding carboxylic acids is 1. The maximum atomic E-state index is 12.3. The Kier molecular flexibility index (Phi) is 4.25. The van der Waals surface area contributed by atoms with Crippen molar-refractivity contribution in [3.63, 3.8) is 0 Å². The molecule has 2 fully saturated rings. The summed E-state index contributed by atoms with van der Waals surface area (Å²) in [6.07, 6.45) is 5.55. The van der Waals surface area contributed by atoms with Gasteiger partial charge in [0.2, 0.25) is 8.32 Å². The van der Waals surface area contributed by atoms with Crippen LogP contribution < -0.4 is 0 Å². The average Bonchev–Trinajstić information content (AvgIpc) is 3.07. The van der Waals surface area contributed by atoms with Crippen LogP contribution in [0.1, 0.15) is 59.8 Å². The summed E-state index contributed by atoms with van der Waals surface area (Å²) in [5.41, 5.74) is 1.02. The Bertz CT molecular complexity index is 554. The third kappa shape index (κ3) is 2.25. The van der Waals surface area contributed by atoms with Crippen LogP contribution in [0.4, 0.5) is 0 Å². The lowest BCUT2D eigenvalue weighted by atomic mass is 9.74. The van der Waals surface area contributed by atoms with Crippen LogP contribution in [0, 0.1) is 5.92 Å². The summed E-state index contributed by atoms with van der Waals surface area (Å²) >= 11 is 0. The van der Waals surface area contributed by atoms with E-state index in [-0.39, 0.29) is 17.5 Å². The highest BCUT2D eigenvalue weighted by atomic mass is 28.4. The zero-order valence-electron chi connectivity index (χ0n) is 14.9. The van der Waals surface area contributed by atoms with Crippen LogP contribution in [-0.2, 0) is 14.0 Å². The fourth-order valence-corrected chi connectivity index (χ4v) is 10.0. The van der Waals surface area contributed by atoms with Gasteiger partial charge >= 0.3 is 5.97 Å². The highest BCUT2D eigenvalue weighted by Crippen LogP contribution is 2.55.